The average Bonchev–Trinajstić information content (AvgIpc) is 2.78. The van der Waals surface area contributed by atoms with Crippen molar-refractivity contribution in [2.75, 3.05) is 77.1 Å². The second kappa shape index (κ2) is 11.0. The Morgan fingerprint density at radius 1 is 1.09 bits per heavy atom. The molecule has 0 amide bonds. The van der Waals surface area contributed by atoms with E-state index in [1.54, 1.807) is 0 Å². The monoisotopic (exact) mass is 496 g/mol. The Bertz CT molecular complexity index is 917. The van der Waals surface area contributed by atoms with E-state index in [2.05, 4.69) is 9.64 Å². The van der Waals surface area contributed by atoms with Gasteiger partial charge in [-0.25, -0.2) is 8.42 Å². The summed E-state index contributed by atoms with van der Waals surface area (Å²) in [6.45, 7) is 2.28. The quantitative estimate of drug-likeness (QED) is 0.289. The summed E-state index contributed by atoms with van der Waals surface area (Å²) in [7, 11) is -3.96. The van der Waals surface area contributed by atoms with Crippen LogP contribution >= 0.6 is 0 Å². The Morgan fingerprint density at radius 3 is 2.36 bits per heavy atom. The zero-order chi connectivity index (χ0) is 24.1. The first kappa shape index (κ1) is 25.6. The molecule has 2 aliphatic heterocycles. The molecular weight excluding hydrogens is 469 g/mol. The van der Waals surface area contributed by atoms with Crippen LogP contribution in [0.25, 0.3) is 0 Å². The first-order valence-electron chi connectivity index (χ1n) is 10.6. The molecule has 2 saturated heterocycles. The molecule has 0 saturated carbocycles. The number of non-ortho nitro benzene ring substituents is 1. The predicted octanol–water partition coefficient (Wildman–Crippen LogP) is 1.71. The fraction of sp³-hybridized carbons (Fsp3) is 0.684. The van der Waals surface area contributed by atoms with Crippen molar-refractivity contribution < 1.29 is 36.0 Å². The van der Waals surface area contributed by atoms with E-state index in [0.717, 1.165) is 6.07 Å². The van der Waals surface area contributed by atoms with Gasteiger partial charge in [0, 0.05) is 64.6 Å². The van der Waals surface area contributed by atoms with Crippen LogP contribution in [-0.4, -0.2) is 101 Å². The Labute approximate surface area is 190 Å². The summed E-state index contributed by atoms with van der Waals surface area (Å²) >= 11 is 0. The minimum Gasteiger partial charge on any atom is -0.379 e. The summed E-state index contributed by atoms with van der Waals surface area (Å²) in [5.74, 6) is 0. The number of anilines is 1. The largest absolute Gasteiger partial charge is 0.411 e. The highest BCUT2D eigenvalue weighted by Crippen LogP contribution is 2.32. The van der Waals surface area contributed by atoms with Gasteiger partial charge in [-0.3, -0.25) is 15.0 Å². The van der Waals surface area contributed by atoms with Crippen LogP contribution in [-0.2, 0) is 19.5 Å². The van der Waals surface area contributed by atoms with Gasteiger partial charge in [0.2, 0.25) is 10.0 Å². The number of hydrogen-bond donors (Lipinski definition) is 0. The predicted molar refractivity (Wildman–Crippen MR) is 113 cm³/mol. The summed E-state index contributed by atoms with van der Waals surface area (Å²) in [4.78, 5) is 14.5. The van der Waals surface area contributed by atoms with Gasteiger partial charge < -0.3 is 14.4 Å². The zero-order valence-electron chi connectivity index (χ0n) is 18.0. The molecule has 1 aromatic carbocycles. The molecule has 3 rings (SSSR count). The molecule has 0 unspecified atom stereocenters. The molecule has 0 radical (unpaired) electrons. The van der Waals surface area contributed by atoms with E-state index in [1.807, 2.05) is 4.90 Å². The first-order valence-corrected chi connectivity index (χ1v) is 12.0. The van der Waals surface area contributed by atoms with Crippen molar-refractivity contribution in [3.05, 3.63) is 28.3 Å². The molecule has 33 heavy (non-hydrogen) atoms. The van der Waals surface area contributed by atoms with Crippen LogP contribution in [0.2, 0.25) is 0 Å². The van der Waals surface area contributed by atoms with Gasteiger partial charge in [0.05, 0.1) is 23.8 Å². The van der Waals surface area contributed by atoms with Crippen LogP contribution in [0, 0.1) is 10.1 Å². The van der Waals surface area contributed by atoms with E-state index in [9.17, 15) is 31.7 Å². The molecule has 0 N–H and O–H groups in total. The molecular formula is C19H27F3N4O6S. The molecule has 10 nitrogen and oxygen atoms in total. The number of piperazine rings is 1. The third-order valence-corrected chi connectivity index (χ3v) is 7.41. The van der Waals surface area contributed by atoms with E-state index in [0.29, 0.717) is 44.8 Å². The summed E-state index contributed by atoms with van der Waals surface area (Å²) < 4.78 is 74.0. The minimum atomic E-state index is -4.34. The Balaban J connectivity index is 1.65. The lowest BCUT2D eigenvalue weighted by Gasteiger charge is -2.37. The normalized spacial score (nSPS) is 19.1. The third kappa shape index (κ3) is 6.99. The van der Waals surface area contributed by atoms with Crippen LogP contribution in [0.5, 0.6) is 0 Å². The molecule has 0 aliphatic carbocycles. The van der Waals surface area contributed by atoms with Gasteiger partial charge in [0.1, 0.15) is 11.5 Å². The number of rotatable bonds is 9. The van der Waals surface area contributed by atoms with Crippen molar-refractivity contribution in [1.82, 2.24) is 9.21 Å². The van der Waals surface area contributed by atoms with Crippen molar-refractivity contribution in [2.24, 2.45) is 0 Å². The number of morpholine rings is 1. The van der Waals surface area contributed by atoms with Gasteiger partial charge in [0.15, 0.2) is 0 Å². The lowest BCUT2D eigenvalue weighted by atomic mass is 10.2. The van der Waals surface area contributed by atoms with Gasteiger partial charge >= 0.3 is 6.18 Å². The van der Waals surface area contributed by atoms with Crippen LogP contribution in [0.1, 0.15) is 6.42 Å². The molecule has 186 valence electrons. The van der Waals surface area contributed by atoms with E-state index >= 15 is 0 Å². The summed E-state index contributed by atoms with van der Waals surface area (Å²) in [6, 6.07) is 3.86. The zero-order valence-corrected chi connectivity index (χ0v) is 18.8. The van der Waals surface area contributed by atoms with Crippen LogP contribution in [0.15, 0.2) is 23.1 Å². The molecule has 0 atom stereocenters. The molecule has 0 spiro atoms. The number of hydrogen-bond acceptors (Lipinski definition) is 8. The van der Waals surface area contributed by atoms with Crippen molar-refractivity contribution in [2.45, 2.75) is 17.5 Å². The lowest BCUT2D eigenvalue weighted by molar-refractivity contribution is -0.385. The number of alkyl halides is 3. The fourth-order valence-corrected chi connectivity index (χ4v) is 5.44. The highest BCUT2D eigenvalue weighted by Gasteiger charge is 2.32. The van der Waals surface area contributed by atoms with E-state index in [1.165, 1.54) is 16.4 Å². The minimum absolute atomic E-state index is 0.00399. The highest BCUT2D eigenvalue weighted by atomic mass is 32.2. The van der Waals surface area contributed by atoms with Crippen molar-refractivity contribution in [1.29, 1.82) is 0 Å². The standard InChI is InChI=1S/C19H27F3N4O6S/c20-19(21,22)15-32-11-1-4-23-5-7-24(8-6-23)17-3-2-16(26(27)28)14-18(17)33(29,30)25-9-12-31-13-10-25/h2-3,14H,1,4-13,15H2. The van der Waals surface area contributed by atoms with Crippen LogP contribution in [0.3, 0.4) is 0 Å². The van der Waals surface area contributed by atoms with Crippen molar-refractivity contribution >= 4 is 21.4 Å². The molecule has 2 aliphatic rings. The third-order valence-electron chi connectivity index (χ3n) is 5.48. The highest BCUT2D eigenvalue weighted by molar-refractivity contribution is 7.89. The number of nitro groups is 1. The maximum absolute atomic E-state index is 13.3. The first-order chi connectivity index (χ1) is 15.6. The maximum Gasteiger partial charge on any atom is 0.411 e. The smallest absolute Gasteiger partial charge is 0.379 e. The number of nitro benzene ring substituents is 1. The molecule has 2 fully saturated rings. The number of sulfonamides is 1. The van der Waals surface area contributed by atoms with Gasteiger partial charge in [-0.1, -0.05) is 0 Å². The molecule has 0 aromatic heterocycles. The molecule has 1 aromatic rings. The number of benzene rings is 1. The Hall–Kier alpha value is -2.00. The van der Waals surface area contributed by atoms with Gasteiger partial charge in [-0.15, -0.1) is 0 Å². The van der Waals surface area contributed by atoms with Gasteiger partial charge in [-0.2, -0.15) is 17.5 Å². The van der Waals surface area contributed by atoms with E-state index < -0.39 is 27.7 Å². The summed E-state index contributed by atoms with van der Waals surface area (Å²) in [5.41, 5.74) is 0.100. The van der Waals surface area contributed by atoms with Crippen molar-refractivity contribution in [3.63, 3.8) is 0 Å². The Kier molecular flexibility index (Phi) is 8.50. The number of halogens is 3. The summed E-state index contributed by atoms with van der Waals surface area (Å²) in [5, 5.41) is 11.3. The molecule has 14 heteroatoms. The number of ether oxygens (including phenoxy) is 2. The van der Waals surface area contributed by atoms with Gasteiger partial charge in [0.25, 0.3) is 5.69 Å². The maximum atomic E-state index is 13.3. The van der Waals surface area contributed by atoms with Crippen LogP contribution < -0.4 is 4.90 Å². The average molecular weight is 497 g/mol. The molecule has 0 bridgehead atoms. The van der Waals surface area contributed by atoms with E-state index in [-0.39, 0.29) is 43.5 Å². The summed E-state index contributed by atoms with van der Waals surface area (Å²) in [6.07, 6.45) is -3.89. The van der Waals surface area contributed by atoms with E-state index in [4.69, 9.17) is 4.74 Å². The van der Waals surface area contributed by atoms with Crippen LogP contribution in [0.4, 0.5) is 24.5 Å². The fourth-order valence-electron chi connectivity index (χ4n) is 3.80. The second-order valence-electron chi connectivity index (χ2n) is 7.78. The molecule has 2 heterocycles. The van der Waals surface area contributed by atoms with Gasteiger partial charge in [-0.05, 0) is 12.5 Å². The van der Waals surface area contributed by atoms with Crippen molar-refractivity contribution in [3.8, 4) is 0 Å². The Morgan fingerprint density at radius 2 is 1.76 bits per heavy atom. The topological polar surface area (TPSA) is 105 Å². The lowest BCUT2D eigenvalue weighted by Crippen LogP contribution is -2.47. The SMILES string of the molecule is O=[N+]([O-])c1ccc(N2CCN(CCCOCC(F)(F)F)CC2)c(S(=O)(=O)N2CCOCC2)c1. The number of nitrogens with zero attached hydrogens (tertiary/aromatic N) is 4. The second-order valence-corrected chi connectivity index (χ2v) is 9.68.